The van der Waals surface area contributed by atoms with Gasteiger partial charge in [-0.2, -0.15) is 0 Å². The lowest BCUT2D eigenvalue weighted by Gasteiger charge is -2.33. The van der Waals surface area contributed by atoms with Gasteiger partial charge in [0.05, 0.1) is 20.6 Å². The number of benzene rings is 3. The highest BCUT2D eigenvalue weighted by molar-refractivity contribution is 7.92. The van der Waals surface area contributed by atoms with Crippen molar-refractivity contribution in [1.82, 2.24) is 10.2 Å². The quantitative estimate of drug-likeness (QED) is 0.246. The number of anilines is 1. The van der Waals surface area contributed by atoms with Gasteiger partial charge in [-0.15, -0.1) is 0 Å². The summed E-state index contributed by atoms with van der Waals surface area (Å²) in [5, 5.41) is 4.21. The van der Waals surface area contributed by atoms with E-state index in [0.29, 0.717) is 31.9 Å². The Morgan fingerprint density at radius 2 is 1.58 bits per heavy atom. The highest BCUT2D eigenvalue weighted by Crippen LogP contribution is 2.30. The van der Waals surface area contributed by atoms with E-state index in [9.17, 15) is 18.0 Å². The van der Waals surface area contributed by atoms with Crippen molar-refractivity contribution in [2.24, 2.45) is 0 Å². The number of carbonyl (C=O) groups is 2. The molecule has 230 valence electrons. The highest BCUT2D eigenvalue weighted by Gasteiger charge is 2.34. The Hall–Kier alpha value is -2.78. The van der Waals surface area contributed by atoms with E-state index in [0.717, 1.165) is 42.0 Å². The van der Waals surface area contributed by atoms with Crippen LogP contribution in [0.15, 0.2) is 65.6 Å². The van der Waals surface area contributed by atoms with E-state index in [1.807, 2.05) is 6.92 Å². The summed E-state index contributed by atoms with van der Waals surface area (Å²) in [6.07, 6.45) is 4.99. The summed E-state index contributed by atoms with van der Waals surface area (Å²) in [6, 6.07) is 15.4. The van der Waals surface area contributed by atoms with Crippen molar-refractivity contribution in [3.05, 3.63) is 92.4 Å². The van der Waals surface area contributed by atoms with Crippen LogP contribution in [0.5, 0.6) is 0 Å². The van der Waals surface area contributed by atoms with E-state index in [4.69, 9.17) is 34.8 Å². The predicted octanol–water partition coefficient (Wildman–Crippen LogP) is 7.33. The third kappa shape index (κ3) is 8.24. The minimum absolute atomic E-state index is 0.0208. The SMILES string of the molecule is Cc1ccc(S(=O)(=O)N(CC(=O)N(Cc2ccc(Cl)c(Cl)c2)[C@H](C)C(=O)NC2CCCCC2)c2ccc(Cl)cc2C)cc1. The van der Waals surface area contributed by atoms with Crippen LogP contribution in [0.2, 0.25) is 15.1 Å². The molecule has 1 atom stereocenters. The molecular formula is C32H36Cl3N3O4S. The molecule has 0 aromatic heterocycles. The van der Waals surface area contributed by atoms with Gasteiger partial charge in [0.1, 0.15) is 12.6 Å². The first-order chi connectivity index (χ1) is 20.4. The molecular weight excluding hydrogens is 629 g/mol. The van der Waals surface area contributed by atoms with Crippen molar-refractivity contribution in [3.63, 3.8) is 0 Å². The van der Waals surface area contributed by atoms with Gasteiger partial charge in [-0.1, -0.05) is 77.8 Å². The number of sulfonamides is 1. The lowest BCUT2D eigenvalue weighted by molar-refractivity contribution is -0.139. The zero-order valence-corrected chi connectivity index (χ0v) is 27.5. The summed E-state index contributed by atoms with van der Waals surface area (Å²) in [7, 11) is -4.19. The van der Waals surface area contributed by atoms with Crippen molar-refractivity contribution < 1.29 is 18.0 Å². The summed E-state index contributed by atoms with van der Waals surface area (Å²) in [5.74, 6) is -0.849. The number of halogens is 3. The summed E-state index contributed by atoms with van der Waals surface area (Å²) in [4.78, 5) is 29.1. The van der Waals surface area contributed by atoms with Crippen LogP contribution in [0.1, 0.15) is 55.7 Å². The van der Waals surface area contributed by atoms with Crippen molar-refractivity contribution in [2.75, 3.05) is 10.8 Å². The fraction of sp³-hybridized carbons (Fsp3) is 0.375. The maximum atomic E-state index is 14.2. The van der Waals surface area contributed by atoms with E-state index in [1.54, 1.807) is 62.4 Å². The van der Waals surface area contributed by atoms with Crippen molar-refractivity contribution >= 4 is 62.3 Å². The molecule has 1 fully saturated rings. The van der Waals surface area contributed by atoms with Crippen molar-refractivity contribution in [2.45, 2.75) is 76.4 Å². The molecule has 7 nitrogen and oxygen atoms in total. The van der Waals surface area contributed by atoms with Crippen molar-refractivity contribution in [1.29, 1.82) is 0 Å². The van der Waals surface area contributed by atoms with Gasteiger partial charge < -0.3 is 10.2 Å². The van der Waals surface area contributed by atoms with Gasteiger partial charge in [0, 0.05) is 17.6 Å². The number of aryl methyl sites for hydroxylation is 2. The van der Waals surface area contributed by atoms with Gasteiger partial charge >= 0.3 is 0 Å². The predicted molar refractivity (Wildman–Crippen MR) is 173 cm³/mol. The van der Waals surface area contributed by atoms with E-state index in [-0.39, 0.29) is 23.4 Å². The molecule has 0 radical (unpaired) electrons. The smallest absolute Gasteiger partial charge is 0.264 e. The first-order valence-corrected chi connectivity index (χ1v) is 16.8. The van der Waals surface area contributed by atoms with Crippen LogP contribution in [-0.2, 0) is 26.2 Å². The Morgan fingerprint density at radius 3 is 2.21 bits per heavy atom. The molecule has 3 aromatic rings. The third-order valence-corrected chi connectivity index (χ3v) is 10.5. The summed E-state index contributed by atoms with van der Waals surface area (Å²) >= 11 is 18.6. The van der Waals surface area contributed by atoms with Gasteiger partial charge in [-0.3, -0.25) is 13.9 Å². The number of nitrogens with one attached hydrogen (secondary N) is 1. The minimum atomic E-state index is -4.19. The van der Waals surface area contributed by atoms with E-state index in [1.165, 1.54) is 17.0 Å². The highest BCUT2D eigenvalue weighted by atomic mass is 35.5. The van der Waals surface area contributed by atoms with Crippen LogP contribution in [0.4, 0.5) is 5.69 Å². The fourth-order valence-corrected chi connectivity index (χ4v) is 7.26. The van der Waals surface area contributed by atoms with Crippen molar-refractivity contribution in [3.8, 4) is 0 Å². The molecule has 1 aliphatic carbocycles. The zero-order chi connectivity index (χ0) is 31.3. The number of hydrogen-bond acceptors (Lipinski definition) is 4. The Kier molecular flexibility index (Phi) is 11.0. The minimum Gasteiger partial charge on any atom is -0.352 e. The topological polar surface area (TPSA) is 86.8 Å². The maximum absolute atomic E-state index is 14.2. The first-order valence-electron chi connectivity index (χ1n) is 14.3. The second-order valence-corrected chi connectivity index (χ2v) is 14.2. The largest absolute Gasteiger partial charge is 0.352 e. The molecule has 0 aliphatic heterocycles. The Morgan fingerprint density at radius 1 is 0.907 bits per heavy atom. The van der Waals surface area contributed by atoms with Gasteiger partial charge in [-0.25, -0.2) is 8.42 Å². The molecule has 0 heterocycles. The molecule has 43 heavy (non-hydrogen) atoms. The average Bonchev–Trinajstić information content (AvgIpc) is 2.97. The summed E-state index contributed by atoms with van der Waals surface area (Å²) in [6.45, 7) is 4.73. The van der Waals surface area contributed by atoms with Gasteiger partial charge in [-0.05, 0) is 87.2 Å². The third-order valence-electron chi connectivity index (χ3n) is 7.77. The monoisotopic (exact) mass is 663 g/mol. The van der Waals surface area contributed by atoms with Crippen LogP contribution in [0, 0.1) is 13.8 Å². The normalized spacial score (nSPS) is 14.7. The summed E-state index contributed by atoms with van der Waals surface area (Å²) in [5.41, 5.74) is 2.44. The van der Waals surface area contributed by atoms with Crippen LogP contribution in [-0.4, -0.2) is 43.8 Å². The average molecular weight is 665 g/mol. The Bertz CT molecular complexity index is 1580. The standard InChI is InChI=1S/C32H36Cl3N3O4S/c1-21-9-13-27(14-10-21)43(41,42)38(30-16-12-25(33)17-22(30)2)20-31(39)37(19-24-11-15-28(34)29(35)18-24)23(3)32(40)36-26-7-5-4-6-8-26/h9-18,23,26H,4-8,19-20H2,1-3H3,(H,36,40)/t23-/m1/s1. The number of carbonyl (C=O) groups excluding carboxylic acids is 2. The Balaban J connectivity index is 1.71. The lowest BCUT2D eigenvalue weighted by Crippen LogP contribution is -2.53. The van der Waals surface area contributed by atoms with E-state index < -0.39 is 28.5 Å². The second-order valence-electron chi connectivity index (χ2n) is 11.0. The van der Waals surface area contributed by atoms with Crippen LogP contribution in [0.25, 0.3) is 0 Å². The van der Waals surface area contributed by atoms with Crippen LogP contribution in [0.3, 0.4) is 0 Å². The lowest BCUT2D eigenvalue weighted by atomic mass is 9.95. The molecule has 4 rings (SSSR count). The zero-order valence-electron chi connectivity index (χ0n) is 24.4. The molecule has 2 amide bonds. The van der Waals surface area contributed by atoms with Gasteiger partial charge in [0.2, 0.25) is 11.8 Å². The second kappa shape index (κ2) is 14.3. The van der Waals surface area contributed by atoms with Crippen LogP contribution < -0.4 is 9.62 Å². The summed E-state index contributed by atoms with van der Waals surface area (Å²) < 4.78 is 29.2. The number of amides is 2. The van der Waals surface area contributed by atoms with Crippen LogP contribution >= 0.6 is 34.8 Å². The molecule has 0 spiro atoms. The molecule has 11 heteroatoms. The van der Waals surface area contributed by atoms with E-state index in [2.05, 4.69) is 5.32 Å². The molecule has 3 aromatic carbocycles. The Labute approximate surface area is 269 Å². The molecule has 0 unspecified atom stereocenters. The molecule has 0 saturated heterocycles. The molecule has 0 bridgehead atoms. The molecule has 1 N–H and O–H groups in total. The fourth-order valence-electron chi connectivity index (χ4n) is 5.24. The first kappa shape index (κ1) is 33.1. The number of nitrogens with zero attached hydrogens (tertiary/aromatic N) is 2. The number of hydrogen-bond donors (Lipinski definition) is 1. The number of rotatable bonds is 10. The maximum Gasteiger partial charge on any atom is 0.264 e. The van der Waals surface area contributed by atoms with Gasteiger partial charge in [0.15, 0.2) is 0 Å². The van der Waals surface area contributed by atoms with E-state index >= 15 is 0 Å². The molecule has 1 aliphatic rings. The van der Waals surface area contributed by atoms with Gasteiger partial charge in [0.25, 0.3) is 10.0 Å². The molecule has 1 saturated carbocycles.